The minimum Gasteiger partial charge on any atom is -0.348 e. The summed E-state index contributed by atoms with van der Waals surface area (Å²) in [5, 5.41) is 3.11. The molecule has 5 nitrogen and oxygen atoms in total. The molecule has 0 amide bonds. The van der Waals surface area contributed by atoms with Crippen LogP contribution < -0.4 is 4.90 Å². The number of hydrogen-bond donors (Lipinski definition) is 0. The van der Waals surface area contributed by atoms with E-state index in [1.807, 2.05) is 18.2 Å². The number of nitrogens with zero attached hydrogens (tertiary/aromatic N) is 3. The molecule has 1 fully saturated rings. The summed E-state index contributed by atoms with van der Waals surface area (Å²) < 4.78 is 25.6. The van der Waals surface area contributed by atoms with E-state index >= 15 is 0 Å². The molecule has 0 spiro atoms. The average molecular weight is 366 g/mol. The Balaban J connectivity index is 1.64. The van der Waals surface area contributed by atoms with Crippen LogP contribution in [0.4, 0.5) is 5.13 Å². The van der Waals surface area contributed by atoms with Gasteiger partial charge in [0, 0.05) is 37.1 Å². The van der Waals surface area contributed by atoms with Gasteiger partial charge in [-0.05, 0) is 19.8 Å². The van der Waals surface area contributed by atoms with Crippen LogP contribution in [0, 0.1) is 0 Å². The number of hydrogen-bond acceptors (Lipinski definition) is 5. The van der Waals surface area contributed by atoms with Gasteiger partial charge in [-0.15, -0.1) is 11.3 Å². The number of aromatic nitrogens is 1. The van der Waals surface area contributed by atoms with Gasteiger partial charge in [-0.1, -0.05) is 30.3 Å². The van der Waals surface area contributed by atoms with Gasteiger partial charge in [-0.3, -0.25) is 0 Å². The second kappa shape index (κ2) is 7.21. The molecule has 0 N–H and O–H groups in total. The highest BCUT2D eigenvalue weighted by molar-refractivity contribution is 7.89. The summed E-state index contributed by atoms with van der Waals surface area (Å²) in [6.45, 7) is 3.38. The van der Waals surface area contributed by atoms with Crippen molar-refractivity contribution in [2.24, 2.45) is 0 Å². The molecule has 0 saturated carbocycles. The van der Waals surface area contributed by atoms with Gasteiger partial charge in [-0.25, -0.2) is 17.7 Å². The molecule has 2 aromatic rings. The highest BCUT2D eigenvalue weighted by atomic mass is 32.2. The Labute approximate surface area is 148 Å². The van der Waals surface area contributed by atoms with Gasteiger partial charge in [0.25, 0.3) is 0 Å². The molecule has 1 aliphatic rings. The molecule has 1 aliphatic heterocycles. The Bertz CT molecular complexity index is 766. The number of rotatable bonds is 5. The minimum absolute atomic E-state index is 0.0970. The first-order valence-electron chi connectivity index (χ1n) is 8.23. The molecule has 24 heavy (non-hydrogen) atoms. The first-order valence-corrected chi connectivity index (χ1v) is 10.7. The number of sulfonamides is 1. The second-order valence-corrected chi connectivity index (χ2v) is 9.17. The van der Waals surface area contributed by atoms with Crippen LogP contribution in [0.3, 0.4) is 0 Å². The predicted molar refractivity (Wildman–Crippen MR) is 100 cm³/mol. The van der Waals surface area contributed by atoms with E-state index in [1.54, 1.807) is 29.6 Å². The fraction of sp³-hybridized carbons (Fsp3) is 0.471. The Hall–Kier alpha value is -1.44. The first kappa shape index (κ1) is 17.4. The Morgan fingerprint density at radius 1 is 1.25 bits per heavy atom. The van der Waals surface area contributed by atoms with Gasteiger partial charge < -0.3 is 4.90 Å². The van der Waals surface area contributed by atoms with Crippen LogP contribution in [0.15, 0.2) is 35.7 Å². The zero-order valence-corrected chi connectivity index (χ0v) is 15.7. The molecular formula is C17H23N3O2S2. The maximum Gasteiger partial charge on any atom is 0.213 e. The van der Waals surface area contributed by atoms with Crippen LogP contribution in [0.5, 0.6) is 0 Å². The van der Waals surface area contributed by atoms with E-state index in [-0.39, 0.29) is 11.8 Å². The highest BCUT2D eigenvalue weighted by Gasteiger charge is 2.29. The van der Waals surface area contributed by atoms with Crippen molar-refractivity contribution in [3.63, 3.8) is 0 Å². The Morgan fingerprint density at radius 3 is 2.54 bits per heavy atom. The third-order valence-electron chi connectivity index (χ3n) is 4.61. The monoisotopic (exact) mass is 365 g/mol. The van der Waals surface area contributed by atoms with E-state index in [1.165, 1.54) is 0 Å². The van der Waals surface area contributed by atoms with Gasteiger partial charge in [0.2, 0.25) is 10.0 Å². The molecule has 2 heterocycles. The van der Waals surface area contributed by atoms with Crippen LogP contribution in [-0.4, -0.2) is 49.6 Å². The van der Waals surface area contributed by atoms with Gasteiger partial charge >= 0.3 is 0 Å². The van der Waals surface area contributed by atoms with Crippen molar-refractivity contribution in [2.45, 2.75) is 25.8 Å². The van der Waals surface area contributed by atoms with Gasteiger partial charge in [0.1, 0.15) is 0 Å². The van der Waals surface area contributed by atoms with E-state index in [2.05, 4.69) is 22.4 Å². The quantitative estimate of drug-likeness (QED) is 0.817. The Kier molecular flexibility index (Phi) is 5.22. The van der Waals surface area contributed by atoms with Gasteiger partial charge in [0.15, 0.2) is 5.13 Å². The summed E-state index contributed by atoms with van der Waals surface area (Å²) in [5.74, 6) is 0.163. The number of piperidine rings is 1. The van der Waals surface area contributed by atoms with Crippen molar-refractivity contribution in [3.8, 4) is 11.3 Å². The van der Waals surface area contributed by atoms with Crippen molar-refractivity contribution in [2.75, 3.05) is 30.8 Å². The molecule has 0 aliphatic carbocycles. The third kappa shape index (κ3) is 3.63. The van der Waals surface area contributed by atoms with E-state index in [9.17, 15) is 8.42 Å². The summed E-state index contributed by atoms with van der Waals surface area (Å²) in [4.78, 5) is 7.02. The van der Waals surface area contributed by atoms with Crippen LogP contribution >= 0.6 is 11.3 Å². The molecule has 1 aromatic carbocycles. The third-order valence-corrected chi connectivity index (χ3v) is 7.42. The summed E-state index contributed by atoms with van der Waals surface area (Å²) in [5.41, 5.74) is 2.13. The molecular weight excluding hydrogens is 342 g/mol. The summed E-state index contributed by atoms with van der Waals surface area (Å²) >= 11 is 1.65. The molecule has 1 saturated heterocycles. The van der Waals surface area contributed by atoms with Crippen LogP contribution in [-0.2, 0) is 10.0 Å². The minimum atomic E-state index is -3.11. The van der Waals surface area contributed by atoms with Crippen molar-refractivity contribution >= 4 is 26.5 Å². The molecule has 0 bridgehead atoms. The maximum absolute atomic E-state index is 12.0. The van der Waals surface area contributed by atoms with E-state index in [0.717, 1.165) is 42.3 Å². The lowest BCUT2D eigenvalue weighted by Crippen LogP contribution is -2.46. The fourth-order valence-corrected chi connectivity index (χ4v) is 4.96. The largest absolute Gasteiger partial charge is 0.348 e. The SMILES string of the molecule is CCS(=O)(=O)N(C)C1CCN(c2nc(-c3ccccc3)cs2)CC1. The molecule has 130 valence electrons. The first-order chi connectivity index (χ1) is 11.5. The fourth-order valence-electron chi connectivity index (χ4n) is 3.00. The van der Waals surface area contributed by atoms with Crippen LogP contribution in [0.1, 0.15) is 19.8 Å². The van der Waals surface area contributed by atoms with Gasteiger partial charge in [-0.2, -0.15) is 0 Å². The molecule has 7 heteroatoms. The van der Waals surface area contributed by atoms with Crippen LogP contribution in [0.25, 0.3) is 11.3 Å². The van der Waals surface area contributed by atoms with E-state index in [0.29, 0.717) is 0 Å². The highest BCUT2D eigenvalue weighted by Crippen LogP contribution is 2.30. The second-order valence-electron chi connectivity index (χ2n) is 6.02. The predicted octanol–water partition coefficient (Wildman–Crippen LogP) is 3.06. The summed E-state index contributed by atoms with van der Waals surface area (Å²) in [6, 6.07) is 10.3. The van der Waals surface area contributed by atoms with Crippen molar-refractivity contribution < 1.29 is 8.42 Å². The van der Waals surface area contributed by atoms with E-state index < -0.39 is 10.0 Å². The Morgan fingerprint density at radius 2 is 1.92 bits per heavy atom. The normalized spacial score (nSPS) is 16.7. The number of benzene rings is 1. The zero-order valence-electron chi connectivity index (χ0n) is 14.1. The topological polar surface area (TPSA) is 53.5 Å². The van der Waals surface area contributed by atoms with Crippen LogP contribution in [0.2, 0.25) is 0 Å². The maximum atomic E-state index is 12.0. The smallest absolute Gasteiger partial charge is 0.213 e. The molecule has 0 atom stereocenters. The lowest BCUT2D eigenvalue weighted by atomic mass is 10.1. The number of anilines is 1. The molecule has 3 rings (SSSR count). The molecule has 0 unspecified atom stereocenters. The standard InChI is InChI=1S/C17H23N3O2S2/c1-3-24(21,22)19(2)15-9-11-20(12-10-15)17-18-16(13-23-17)14-7-5-4-6-8-14/h4-8,13,15H,3,9-12H2,1-2H3. The number of thiazole rings is 1. The molecule has 0 radical (unpaired) electrons. The summed E-state index contributed by atoms with van der Waals surface area (Å²) in [7, 11) is -1.41. The van der Waals surface area contributed by atoms with Crippen molar-refractivity contribution in [1.29, 1.82) is 0 Å². The zero-order chi connectivity index (χ0) is 17.2. The lowest BCUT2D eigenvalue weighted by molar-refractivity contribution is 0.312. The molecule has 1 aromatic heterocycles. The van der Waals surface area contributed by atoms with E-state index in [4.69, 9.17) is 4.98 Å². The van der Waals surface area contributed by atoms with Gasteiger partial charge in [0.05, 0.1) is 11.4 Å². The van der Waals surface area contributed by atoms with Crippen molar-refractivity contribution in [3.05, 3.63) is 35.7 Å². The average Bonchev–Trinajstić information content (AvgIpc) is 3.12. The summed E-state index contributed by atoms with van der Waals surface area (Å²) in [6.07, 6.45) is 1.69. The van der Waals surface area contributed by atoms with Crippen molar-refractivity contribution in [1.82, 2.24) is 9.29 Å². The lowest BCUT2D eigenvalue weighted by Gasteiger charge is -2.35.